The van der Waals surface area contributed by atoms with E-state index >= 15 is 0 Å². The lowest BCUT2D eigenvalue weighted by Crippen LogP contribution is -2.48. The van der Waals surface area contributed by atoms with Crippen LogP contribution in [0.25, 0.3) is 0 Å². The zero-order valence-corrected chi connectivity index (χ0v) is 10.5. The maximum atomic E-state index is 11.7. The lowest BCUT2D eigenvalue weighted by Gasteiger charge is -2.34. The molecule has 0 spiro atoms. The van der Waals surface area contributed by atoms with Gasteiger partial charge in [-0.2, -0.15) is 0 Å². The Kier molecular flexibility index (Phi) is 3.99. The zero-order chi connectivity index (χ0) is 13.0. The highest BCUT2D eigenvalue weighted by molar-refractivity contribution is 5.76. The van der Waals surface area contributed by atoms with Crippen LogP contribution in [-0.2, 0) is 20.8 Å². The van der Waals surface area contributed by atoms with Crippen molar-refractivity contribution in [3.8, 4) is 0 Å². The quantitative estimate of drug-likeness (QED) is 0.760. The SMILES string of the molecule is C=C1CN(Cc2ccccc2)C(C(=O)OC)CO1. The molecule has 0 radical (unpaired) electrons. The average Bonchev–Trinajstić information content (AvgIpc) is 2.39. The van der Waals surface area contributed by atoms with E-state index in [0.29, 0.717) is 25.5 Å². The number of nitrogens with zero attached hydrogens (tertiary/aromatic N) is 1. The second-order valence-corrected chi connectivity index (χ2v) is 4.28. The fourth-order valence-corrected chi connectivity index (χ4v) is 2.02. The predicted octanol–water partition coefficient (Wildman–Crippen LogP) is 1.57. The van der Waals surface area contributed by atoms with Crippen molar-refractivity contribution in [1.82, 2.24) is 4.90 Å². The van der Waals surface area contributed by atoms with Gasteiger partial charge in [-0.1, -0.05) is 36.9 Å². The predicted molar refractivity (Wildman–Crippen MR) is 67.7 cm³/mol. The van der Waals surface area contributed by atoms with E-state index in [2.05, 4.69) is 6.58 Å². The summed E-state index contributed by atoms with van der Waals surface area (Å²) in [6.07, 6.45) is 0. The molecule has 18 heavy (non-hydrogen) atoms. The smallest absolute Gasteiger partial charge is 0.326 e. The fraction of sp³-hybridized carbons (Fsp3) is 0.357. The van der Waals surface area contributed by atoms with Crippen LogP contribution in [0.2, 0.25) is 0 Å². The molecule has 0 aromatic heterocycles. The van der Waals surface area contributed by atoms with Crippen LogP contribution >= 0.6 is 0 Å². The third kappa shape index (κ3) is 2.90. The molecule has 1 unspecified atom stereocenters. The first kappa shape index (κ1) is 12.6. The summed E-state index contributed by atoms with van der Waals surface area (Å²) in [7, 11) is 1.40. The number of methoxy groups -OCH3 is 1. The van der Waals surface area contributed by atoms with Crippen molar-refractivity contribution in [3.05, 3.63) is 48.2 Å². The van der Waals surface area contributed by atoms with Gasteiger partial charge in [-0.25, -0.2) is 0 Å². The molecule has 4 nitrogen and oxygen atoms in total. The van der Waals surface area contributed by atoms with Gasteiger partial charge in [0.15, 0.2) is 0 Å². The van der Waals surface area contributed by atoms with Crippen LogP contribution in [0.4, 0.5) is 0 Å². The van der Waals surface area contributed by atoms with Gasteiger partial charge in [-0.3, -0.25) is 9.69 Å². The monoisotopic (exact) mass is 247 g/mol. The second-order valence-electron chi connectivity index (χ2n) is 4.28. The molecular formula is C14H17NO3. The number of hydrogen-bond acceptors (Lipinski definition) is 4. The number of morpholine rings is 1. The van der Waals surface area contributed by atoms with Crippen molar-refractivity contribution in [2.24, 2.45) is 0 Å². The molecule has 1 aliphatic heterocycles. The van der Waals surface area contributed by atoms with Gasteiger partial charge in [0.1, 0.15) is 18.4 Å². The molecular weight excluding hydrogens is 230 g/mol. The van der Waals surface area contributed by atoms with E-state index in [1.807, 2.05) is 35.2 Å². The lowest BCUT2D eigenvalue weighted by atomic mass is 10.1. The highest BCUT2D eigenvalue weighted by atomic mass is 16.5. The Morgan fingerprint density at radius 1 is 1.50 bits per heavy atom. The van der Waals surface area contributed by atoms with Crippen molar-refractivity contribution >= 4 is 5.97 Å². The number of hydrogen-bond donors (Lipinski definition) is 0. The Bertz CT molecular complexity index is 430. The number of carbonyl (C=O) groups is 1. The van der Waals surface area contributed by atoms with Gasteiger partial charge in [-0.15, -0.1) is 0 Å². The summed E-state index contributed by atoms with van der Waals surface area (Å²) in [6.45, 7) is 5.35. The molecule has 1 aromatic rings. The fourth-order valence-electron chi connectivity index (χ4n) is 2.02. The molecule has 1 fully saturated rings. The standard InChI is InChI=1S/C14H17NO3/c1-11-8-15(9-12-6-4-3-5-7-12)13(10-18-11)14(16)17-2/h3-7,13H,1,8-10H2,2H3. The first-order chi connectivity index (χ1) is 8.70. The van der Waals surface area contributed by atoms with Crippen LogP contribution < -0.4 is 0 Å². The molecule has 4 heteroatoms. The average molecular weight is 247 g/mol. The molecule has 2 rings (SSSR count). The van der Waals surface area contributed by atoms with Crippen LogP contribution in [0.5, 0.6) is 0 Å². The van der Waals surface area contributed by atoms with Crippen molar-refractivity contribution in [2.45, 2.75) is 12.6 Å². The highest BCUT2D eigenvalue weighted by Crippen LogP contribution is 2.17. The Morgan fingerprint density at radius 2 is 2.22 bits per heavy atom. The summed E-state index contributed by atoms with van der Waals surface area (Å²) in [6, 6.07) is 9.65. The van der Waals surface area contributed by atoms with E-state index in [9.17, 15) is 4.79 Å². The largest absolute Gasteiger partial charge is 0.495 e. The molecule has 0 aliphatic carbocycles. The molecule has 1 heterocycles. The Labute approximate surface area is 107 Å². The minimum absolute atomic E-state index is 0.265. The van der Waals surface area contributed by atoms with Crippen molar-refractivity contribution < 1.29 is 14.3 Å². The summed E-state index contributed by atoms with van der Waals surface area (Å²) in [5.41, 5.74) is 1.15. The maximum Gasteiger partial charge on any atom is 0.326 e. The summed E-state index contributed by atoms with van der Waals surface area (Å²) in [5, 5.41) is 0. The van der Waals surface area contributed by atoms with Crippen molar-refractivity contribution in [1.29, 1.82) is 0 Å². The molecule has 0 saturated carbocycles. The van der Waals surface area contributed by atoms with Crippen LogP contribution in [0.15, 0.2) is 42.7 Å². The third-order valence-electron chi connectivity index (χ3n) is 2.97. The van der Waals surface area contributed by atoms with Gasteiger partial charge in [0.25, 0.3) is 0 Å². The number of carbonyl (C=O) groups excluding carboxylic acids is 1. The van der Waals surface area contributed by atoms with Crippen molar-refractivity contribution in [2.75, 3.05) is 20.3 Å². The number of ether oxygens (including phenoxy) is 2. The summed E-state index contributed by atoms with van der Waals surface area (Å²) in [4.78, 5) is 13.7. The van der Waals surface area contributed by atoms with E-state index in [1.54, 1.807) is 0 Å². The van der Waals surface area contributed by atoms with Gasteiger partial charge in [-0.05, 0) is 5.56 Å². The van der Waals surface area contributed by atoms with E-state index in [-0.39, 0.29) is 12.0 Å². The molecule has 96 valence electrons. The van der Waals surface area contributed by atoms with Crippen LogP contribution in [0.1, 0.15) is 5.56 Å². The van der Waals surface area contributed by atoms with E-state index < -0.39 is 0 Å². The minimum atomic E-state index is -0.360. The van der Waals surface area contributed by atoms with Gasteiger partial charge >= 0.3 is 5.97 Å². The Hall–Kier alpha value is -1.81. The topological polar surface area (TPSA) is 38.8 Å². The first-order valence-corrected chi connectivity index (χ1v) is 5.87. The highest BCUT2D eigenvalue weighted by Gasteiger charge is 2.31. The summed E-state index contributed by atoms with van der Waals surface area (Å²) >= 11 is 0. The van der Waals surface area contributed by atoms with E-state index in [0.717, 1.165) is 5.56 Å². The molecule has 1 saturated heterocycles. The Morgan fingerprint density at radius 3 is 2.89 bits per heavy atom. The van der Waals surface area contributed by atoms with Crippen LogP contribution in [0.3, 0.4) is 0 Å². The second kappa shape index (κ2) is 5.69. The van der Waals surface area contributed by atoms with Gasteiger partial charge in [0, 0.05) is 6.54 Å². The summed E-state index contributed by atoms with van der Waals surface area (Å²) in [5.74, 6) is 0.421. The molecule has 0 N–H and O–H groups in total. The van der Waals surface area contributed by atoms with Gasteiger partial charge < -0.3 is 9.47 Å². The number of esters is 1. The number of rotatable bonds is 3. The molecule has 1 atom stereocenters. The minimum Gasteiger partial charge on any atom is -0.495 e. The van der Waals surface area contributed by atoms with Crippen LogP contribution in [-0.4, -0.2) is 37.2 Å². The van der Waals surface area contributed by atoms with Crippen molar-refractivity contribution in [3.63, 3.8) is 0 Å². The molecule has 1 aromatic carbocycles. The van der Waals surface area contributed by atoms with Gasteiger partial charge in [0.2, 0.25) is 0 Å². The number of benzene rings is 1. The first-order valence-electron chi connectivity index (χ1n) is 5.87. The van der Waals surface area contributed by atoms with Gasteiger partial charge in [0.05, 0.1) is 13.7 Å². The molecule has 0 bridgehead atoms. The Balaban J connectivity index is 2.10. The lowest BCUT2D eigenvalue weighted by molar-refractivity contribution is -0.151. The zero-order valence-electron chi connectivity index (χ0n) is 10.5. The molecule has 1 aliphatic rings. The van der Waals surface area contributed by atoms with Crippen LogP contribution in [0, 0.1) is 0 Å². The van der Waals surface area contributed by atoms with E-state index in [1.165, 1.54) is 7.11 Å². The normalized spacial score (nSPS) is 20.3. The molecule has 0 amide bonds. The van der Waals surface area contributed by atoms with E-state index in [4.69, 9.17) is 9.47 Å². The maximum absolute atomic E-state index is 11.7. The third-order valence-corrected chi connectivity index (χ3v) is 2.97. The summed E-state index contributed by atoms with van der Waals surface area (Å²) < 4.78 is 10.1.